The van der Waals surface area contributed by atoms with Crippen molar-refractivity contribution in [1.82, 2.24) is 24.6 Å². The van der Waals surface area contributed by atoms with E-state index < -0.39 is 0 Å². The van der Waals surface area contributed by atoms with Gasteiger partial charge < -0.3 is 14.6 Å². The number of ether oxygens (including phenoxy) is 1. The first-order chi connectivity index (χ1) is 10.1. The zero-order chi connectivity index (χ0) is 15.0. The van der Waals surface area contributed by atoms with Crippen molar-refractivity contribution < 1.29 is 4.74 Å². The van der Waals surface area contributed by atoms with E-state index in [0.29, 0.717) is 11.7 Å². The fraction of sp³-hybridized carbons (Fsp3) is 0.571. The number of aryl methyl sites for hydroxylation is 3. The summed E-state index contributed by atoms with van der Waals surface area (Å²) in [5.74, 6) is 0.957. The van der Waals surface area contributed by atoms with E-state index in [1.807, 2.05) is 31.8 Å². The van der Waals surface area contributed by atoms with Crippen LogP contribution in [0.5, 0.6) is 0 Å². The molecule has 7 heteroatoms. The van der Waals surface area contributed by atoms with E-state index in [9.17, 15) is 0 Å². The molecule has 0 aliphatic carbocycles. The maximum Gasteiger partial charge on any atom is 0.139 e. The van der Waals surface area contributed by atoms with Crippen LogP contribution in [-0.2, 0) is 25.4 Å². The van der Waals surface area contributed by atoms with Gasteiger partial charge in [0.2, 0.25) is 0 Å². The number of halogens is 1. The first kappa shape index (κ1) is 14.6. The predicted octanol–water partition coefficient (Wildman–Crippen LogP) is 1.74. The molecule has 1 fully saturated rings. The molecule has 1 N–H and O–H groups in total. The van der Waals surface area contributed by atoms with Crippen LogP contribution >= 0.6 is 11.6 Å². The number of nitrogens with one attached hydrogen (secondary N) is 1. The largest absolute Gasteiger partial charge is 0.369 e. The highest BCUT2D eigenvalue weighted by Gasteiger charge is 2.32. The van der Waals surface area contributed by atoms with E-state index in [1.165, 1.54) is 0 Å². The van der Waals surface area contributed by atoms with E-state index >= 15 is 0 Å². The lowest BCUT2D eigenvalue weighted by atomic mass is 10.1. The third-order valence-corrected chi connectivity index (χ3v) is 4.49. The summed E-state index contributed by atoms with van der Waals surface area (Å²) in [6.45, 7) is 3.41. The lowest BCUT2D eigenvalue weighted by molar-refractivity contribution is 0.0893. The molecule has 2 aromatic heterocycles. The summed E-state index contributed by atoms with van der Waals surface area (Å²) >= 11 is 6.27. The fourth-order valence-corrected chi connectivity index (χ4v) is 3.05. The van der Waals surface area contributed by atoms with Gasteiger partial charge in [0.15, 0.2) is 0 Å². The van der Waals surface area contributed by atoms with Crippen LogP contribution in [0, 0.1) is 6.92 Å². The average Bonchev–Trinajstić information content (AvgIpc) is 3.11. The van der Waals surface area contributed by atoms with E-state index in [-0.39, 0.29) is 12.1 Å². The number of rotatable bonds is 4. The first-order valence-electron chi connectivity index (χ1n) is 7.08. The molecular formula is C14H20ClN5O. The molecule has 6 nitrogen and oxygen atoms in total. The van der Waals surface area contributed by atoms with Crippen LogP contribution in [0.25, 0.3) is 0 Å². The van der Waals surface area contributed by atoms with Gasteiger partial charge in [0, 0.05) is 51.2 Å². The Morgan fingerprint density at radius 1 is 1.48 bits per heavy atom. The molecule has 21 heavy (non-hydrogen) atoms. The van der Waals surface area contributed by atoms with Gasteiger partial charge in [-0.1, -0.05) is 11.6 Å². The summed E-state index contributed by atoms with van der Waals surface area (Å²) in [5.41, 5.74) is 2.01. The summed E-state index contributed by atoms with van der Waals surface area (Å²) in [5, 5.41) is 8.57. The third-order valence-electron chi connectivity index (χ3n) is 4.02. The Kier molecular flexibility index (Phi) is 4.01. The molecule has 0 saturated carbocycles. The minimum absolute atomic E-state index is 0.0132. The lowest BCUT2D eigenvalue weighted by Gasteiger charge is -2.19. The van der Waals surface area contributed by atoms with Crippen LogP contribution in [0.3, 0.4) is 0 Å². The summed E-state index contributed by atoms with van der Waals surface area (Å²) < 4.78 is 9.56. The maximum absolute atomic E-state index is 6.27. The molecule has 1 saturated heterocycles. The summed E-state index contributed by atoms with van der Waals surface area (Å²) in [6.07, 6.45) is 4.70. The summed E-state index contributed by atoms with van der Waals surface area (Å²) in [4.78, 5) is 4.40. The Morgan fingerprint density at radius 2 is 2.29 bits per heavy atom. The molecule has 0 radical (unpaired) electrons. The number of hydrogen-bond acceptors (Lipinski definition) is 4. The van der Waals surface area contributed by atoms with Gasteiger partial charge in [0.05, 0.1) is 5.69 Å². The summed E-state index contributed by atoms with van der Waals surface area (Å²) in [6, 6.07) is 0.238. The van der Waals surface area contributed by atoms with Gasteiger partial charge in [-0.15, -0.1) is 0 Å². The Bertz CT molecular complexity index is 635. The van der Waals surface area contributed by atoms with Gasteiger partial charge in [-0.2, -0.15) is 5.10 Å². The van der Waals surface area contributed by atoms with Crippen molar-refractivity contribution in [3.05, 3.63) is 34.6 Å². The number of imidazole rings is 1. The second-order valence-electron chi connectivity index (χ2n) is 5.44. The van der Waals surface area contributed by atoms with Gasteiger partial charge in [-0.05, 0) is 13.3 Å². The molecule has 0 spiro atoms. The standard InChI is InChI=1S/C14H20ClN5O/c1-9-10(13(15)20(3)18-9)8-17-11-4-7-21-12(11)14-16-5-6-19(14)2/h5-6,11-12,17H,4,7-8H2,1-3H3/t11-,12-/m0/s1. The van der Waals surface area contributed by atoms with Crippen LogP contribution in [0.4, 0.5) is 0 Å². The van der Waals surface area contributed by atoms with Crippen LogP contribution in [0.2, 0.25) is 5.15 Å². The Labute approximate surface area is 129 Å². The van der Waals surface area contributed by atoms with Crippen LogP contribution < -0.4 is 5.32 Å². The second kappa shape index (κ2) is 5.79. The van der Waals surface area contributed by atoms with Crippen LogP contribution in [-0.4, -0.2) is 32.0 Å². The molecule has 114 valence electrons. The highest BCUT2D eigenvalue weighted by atomic mass is 35.5. The first-order valence-corrected chi connectivity index (χ1v) is 7.46. The number of hydrogen-bond donors (Lipinski definition) is 1. The van der Waals surface area contributed by atoms with Gasteiger partial charge in [0.1, 0.15) is 17.1 Å². The molecule has 0 aromatic carbocycles. The molecule has 3 heterocycles. The van der Waals surface area contributed by atoms with Crippen molar-refractivity contribution in [3.8, 4) is 0 Å². The minimum atomic E-state index is -0.0132. The van der Waals surface area contributed by atoms with Crippen molar-refractivity contribution in [2.24, 2.45) is 14.1 Å². The molecule has 0 bridgehead atoms. The van der Waals surface area contributed by atoms with E-state index in [1.54, 1.807) is 10.9 Å². The molecule has 1 aliphatic rings. The number of aromatic nitrogens is 4. The van der Waals surface area contributed by atoms with Crippen molar-refractivity contribution in [3.63, 3.8) is 0 Å². The Balaban J connectivity index is 1.71. The number of nitrogens with zero attached hydrogens (tertiary/aromatic N) is 4. The van der Waals surface area contributed by atoms with Crippen LogP contribution in [0.1, 0.15) is 29.6 Å². The normalized spacial score (nSPS) is 22.1. The van der Waals surface area contributed by atoms with Crippen LogP contribution in [0.15, 0.2) is 12.4 Å². The van der Waals surface area contributed by atoms with Gasteiger partial charge >= 0.3 is 0 Å². The fourth-order valence-electron chi connectivity index (χ4n) is 2.81. The Hall–Kier alpha value is -1.37. The Morgan fingerprint density at radius 3 is 2.90 bits per heavy atom. The highest BCUT2D eigenvalue weighted by Crippen LogP contribution is 2.28. The SMILES string of the molecule is Cc1nn(C)c(Cl)c1CN[C@H]1CCO[C@@H]1c1nccn1C. The maximum atomic E-state index is 6.27. The van der Waals surface area contributed by atoms with E-state index in [4.69, 9.17) is 16.3 Å². The van der Waals surface area contributed by atoms with E-state index in [0.717, 1.165) is 30.1 Å². The van der Waals surface area contributed by atoms with Crippen molar-refractivity contribution in [2.45, 2.75) is 32.0 Å². The molecule has 2 atom stereocenters. The lowest BCUT2D eigenvalue weighted by Crippen LogP contribution is -2.32. The molecule has 3 rings (SSSR count). The minimum Gasteiger partial charge on any atom is -0.369 e. The van der Waals surface area contributed by atoms with Gasteiger partial charge in [-0.25, -0.2) is 4.98 Å². The zero-order valence-electron chi connectivity index (χ0n) is 12.5. The van der Waals surface area contributed by atoms with E-state index in [2.05, 4.69) is 15.4 Å². The zero-order valence-corrected chi connectivity index (χ0v) is 13.3. The quantitative estimate of drug-likeness (QED) is 0.934. The molecule has 0 unspecified atom stereocenters. The second-order valence-corrected chi connectivity index (χ2v) is 5.80. The monoisotopic (exact) mass is 309 g/mol. The van der Waals surface area contributed by atoms with Crippen molar-refractivity contribution in [2.75, 3.05) is 6.61 Å². The smallest absolute Gasteiger partial charge is 0.139 e. The molecule has 0 amide bonds. The molecule has 2 aromatic rings. The topological polar surface area (TPSA) is 56.9 Å². The predicted molar refractivity (Wildman–Crippen MR) is 80.1 cm³/mol. The van der Waals surface area contributed by atoms with Crippen molar-refractivity contribution in [1.29, 1.82) is 0 Å². The average molecular weight is 310 g/mol. The summed E-state index contributed by atoms with van der Waals surface area (Å²) in [7, 11) is 3.84. The third kappa shape index (κ3) is 2.71. The molecule has 1 aliphatic heterocycles. The van der Waals surface area contributed by atoms with Gasteiger partial charge in [0.25, 0.3) is 0 Å². The highest BCUT2D eigenvalue weighted by molar-refractivity contribution is 6.30. The van der Waals surface area contributed by atoms with Gasteiger partial charge in [-0.3, -0.25) is 4.68 Å². The van der Waals surface area contributed by atoms with Crippen molar-refractivity contribution >= 4 is 11.6 Å². The molecular weight excluding hydrogens is 290 g/mol.